The summed E-state index contributed by atoms with van der Waals surface area (Å²) in [5.41, 5.74) is -0.209. The summed E-state index contributed by atoms with van der Waals surface area (Å²) in [6, 6.07) is 2.62. The first-order valence-electron chi connectivity index (χ1n) is 6.45. The van der Waals surface area contributed by atoms with Gasteiger partial charge in [-0.15, -0.1) is 0 Å². The molecule has 1 aromatic rings. The minimum absolute atomic E-state index is 0.0358. The quantitative estimate of drug-likeness (QED) is 0.571. The fourth-order valence-electron chi connectivity index (χ4n) is 2.51. The van der Waals surface area contributed by atoms with Gasteiger partial charge in [-0.25, -0.2) is 13.6 Å². The highest BCUT2D eigenvalue weighted by Crippen LogP contribution is 2.40. The zero-order valence-corrected chi connectivity index (χ0v) is 14.5. The molecule has 11 heteroatoms. The highest BCUT2D eigenvalue weighted by molar-refractivity contribution is 9.10. The third kappa shape index (κ3) is 3.98. The van der Waals surface area contributed by atoms with E-state index in [1.54, 1.807) is 0 Å². The number of hydrogen-bond acceptors (Lipinski definition) is 6. The van der Waals surface area contributed by atoms with E-state index in [9.17, 15) is 23.3 Å². The van der Waals surface area contributed by atoms with Crippen LogP contribution < -0.4 is 14.8 Å². The number of sulfonamides is 1. The Morgan fingerprint density at radius 1 is 1.52 bits per heavy atom. The molecule has 0 bridgehead atoms. The van der Waals surface area contributed by atoms with Crippen molar-refractivity contribution < 1.29 is 22.9 Å². The van der Waals surface area contributed by atoms with E-state index < -0.39 is 26.8 Å². The molecule has 0 radical (unpaired) electrons. The molecule has 1 aliphatic heterocycles. The number of hydrogen-bond donors (Lipinski definition) is 1. The maximum atomic E-state index is 12.1. The van der Waals surface area contributed by atoms with Crippen molar-refractivity contribution in [1.29, 1.82) is 0 Å². The smallest absolute Gasteiger partial charge is 0.294 e. The summed E-state index contributed by atoms with van der Waals surface area (Å²) < 4.78 is 27.8. The zero-order chi connectivity index (χ0) is 17.4. The molecule has 1 aromatic carbocycles. The number of halogens is 1. The lowest BCUT2D eigenvalue weighted by Gasteiger charge is -2.18. The van der Waals surface area contributed by atoms with Gasteiger partial charge in [0, 0.05) is 31.0 Å². The van der Waals surface area contributed by atoms with Crippen LogP contribution in [0, 0.1) is 16.0 Å². The van der Waals surface area contributed by atoms with E-state index in [0.29, 0.717) is 10.2 Å². The number of nitrogens with two attached hydrogens (primary N) is 1. The van der Waals surface area contributed by atoms with Gasteiger partial charge in [0.2, 0.25) is 15.9 Å². The van der Waals surface area contributed by atoms with Crippen molar-refractivity contribution in [3.05, 3.63) is 26.7 Å². The Morgan fingerprint density at radius 3 is 2.70 bits per heavy atom. The second-order valence-corrected chi connectivity index (χ2v) is 7.65. The number of rotatable bonds is 5. The molecule has 1 atom stereocenters. The van der Waals surface area contributed by atoms with Crippen LogP contribution in [0.5, 0.6) is 5.75 Å². The van der Waals surface area contributed by atoms with E-state index in [0.717, 1.165) is 0 Å². The molecule has 2 N–H and O–H groups in total. The molecule has 1 saturated heterocycles. The van der Waals surface area contributed by atoms with Gasteiger partial charge >= 0.3 is 0 Å². The second-order valence-electron chi connectivity index (χ2n) is 5.14. The number of primary sulfonamides is 1. The molecular weight excluding hydrogens is 394 g/mol. The second kappa shape index (κ2) is 6.42. The molecule has 0 saturated carbocycles. The van der Waals surface area contributed by atoms with Crippen molar-refractivity contribution >= 4 is 43.2 Å². The van der Waals surface area contributed by atoms with Crippen molar-refractivity contribution in [3.8, 4) is 5.75 Å². The van der Waals surface area contributed by atoms with Crippen molar-refractivity contribution in [2.75, 3.05) is 24.3 Å². The molecule has 1 amide bonds. The molecule has 1 fully saturated rings. The molecule has 1 aliphatic rings. The summed E-state index contributed by atoms with van der Waals surface area (Å²) in [5, 5.41) is 16.2. The zero-order valence-electron chi connectivity index (χ0n) is 12.1. The number of methoxy groups -OCH3 is 1. The average Bonchev–Trinajstić information content (AvgIpc) is 2.76. The number of benzene rings is 1. The van der Waals surface area contributed by atoms with Crippen molar-refractivity contribution in [3.63, 3.8) is 0 Å². The Bertz CT molecular complexity index is 766. The molecule has 1 heterocycles. The Balaban J connectivity index is 2.41. The first kappa shape index (κ1) is 17.6. The van der Waals surface area contributed by atoms with Gasteiger partial charge in [0.1, 0.15) is 11.4 Å². The monoisotopic (exact) mass is 407 g/mol. The number of nitro groups is 1. The molecule has 23 heavy (non-hydrogen) atoms. The highest BCUT2D eigenvalue weighted by Gasteiger charge is 2.36. The van der Waals surface area contributed by atoms with Crippen LogP contribution in [0.4, 0.5) is 11.4 Å². The minimum Gasteiger partial charge on any atom is -0.495 e. The third-order valence-electron chi connectivity index (χ3n) is 3.41. The van der Waals surface area contributed by atoms with Crippen LogP contribution in [0.25, 0.3) is 0 Å². The summed E-state index contributed by atoms with van der Waals surface area (Å²) in [5.74, 6) is -0.928. The van der Waals surface area contributed by atoms with Crippen LogP contribution >= 0.6 is 15.9 Å². The summed E-state index contributed by atoms with van der Waals surface area (Å²) in [6.45, 7) is 0.0425. The molecule has 0 aliphatic carbocycles. The van der Waals surface area contributed by atoms with Gasteiger partial charge < -0.3 is 9.64 Å². The molecule has 0 aromatic heterocycles. The first-order valence-corrected chi connectivity index (χ1v) is 8.96. The minimum atomic E-state index is -3.73. The van der Waals surface area contributed by atoms with E-state index in [1.165, 1.54) is 24.1 Å². The fourth-order valence-corrected chi connectivity index (χ4v) is 3.88. The first-order chi connectivity index (χ1) is 10.6. The molecule has 126 valence electrons. The van der Waals surface area contributed by atoms with Crippen LogP contribution in [0.15, 0.2) is 16.6 Å². The van der Waals surface area contributed by atoms with Crippen LogP contribution in [0.2, 0.25) is 0 Å². The Labute approximate surface area is 140 Å². The molecule has 2 rings (SSSR count). The standard InChI is InChI=1S/C12H14BrN3O6S/c1-22-11-4-9(10(16(18)19)3-8(11)13)15-5-7(2-12(15)17)6-23(14,20)21/h3-4,7H,2,5-6H2,1H3,(H2,14,20,21). The average molecular weight is 408 g/mol. The van der Waals surface area contributed by atoms with Crippen LogP contribution in [0.3, 0.4) is 0 Å². The maximum Gasteiger partial charge on any atom is 0.294 e. The maximum absolute atomic E-state index is 12.1. The number of carbonyl (C=O) groups excluding carboxylic acids is 1. The fraction of sp³-hybridized carbons (Fsp3) is 0.417. The SMILES string of the molecule is COc1cc(N2CC(CS(N)(=O)=O)CC2=O)c([N+](=O)[O-])cc1Br. The van der Waals surface area contributed by atoms with Crippen LogP contribution in [-0.4, -0.2) is 38.7 Å². The lowest BCUT2D eigenvalue weighted by Crippen LogP contribution is -2.28. The van der Waals surface area contributed by atoms with Crippen molar-refractivity contribution in [2.45, 2.75) is 6.42 Å². The van der Waals surface area contributed by atoms with Crippen molar-refractivity contribution in [2.24, 2.45) is 11.1 Å². The van der Waals surface area contributed by atoms with Gasteiger partial charge in [0.25, 0.3) is 5.69 Å². The van der Waals surface area contributed by atoms with E-state index >= 15 is 0 Å². The summed E-state index contributed by atoms with van der Waals surface area (Å²) >= 11 is 3.16. The molecule has 1 unspecified atom stereocenters. The van der Waals surface area contributed by atoms with E-state index in [-0.39, 0.29) is 30.1 Å². The molecule has 9 nitrogen and oxygen atoms in total. The predicted octanol–water partition coefficient (Wildman–Crippen LogP) is 1.01. The van der Waals surface area contributed by atoms with Gasteiger partial charge in [0.05, 0.1) is 22.3 Å². The number of nitrogens with zero attached hydrogens (tertiary/aromatic N) is 2. The van der Waals surface area contributed by atoms with Crippen LogP contribution in [-0.2, 0) is 14.8 Å². The van der Waals surface area contributed by atoms with E-state index in [1.807, 2.05) is 0 Å². The highest BCUT2D eigenvalue weighted by atomic mass is 79.9. The predicted molar refractivity (Wildman–Crippen MR) is 85.8 cm³/mol. The van der Waals surface area contributed by atoms with Crippen LogP contribution in [0.1, 0.15) is 6.42 Å². The normalized spacial score (nSPS) is 18.3. The lowest BCUT2D eigenvalue weighted by molar-refractivity contribution is -0.384. The number of carbonyl (C=O) groups is 1. The van der Waals surface area contributed by atoms with E-state index in [2.05, 4.69) is 15.9 Å². The third-order valence-corrected chi connectivity index (χ3v) is 4.97. The Hall–Kier alpha value is -1.72. The number of nitro benzene ring substituents is 1. The topological polar surface area (TPSA) is 133 Å². The molecular formula is C12H14BrN3O6S. The Kier molecular flexibility index (Phi) is 4.92. The van der Waals surface area contributed by atoms with Crippen molar-refractivity contribution in [1.82, 2.24) is 0 Å². The van der Waals surface area contributed by atoms with Gasteiger partial charge in [-0.05, 0) is 15.9 Å². The Morgan fingerprint density at radius 2 is 2.17 bits per heavy atom. The van der Waals surface area contributed by atoms with Gasteiger partial charge in [0.15, 0.2) is 0 Å². The lowest BCUT2D eigenvalue weighted by atomic mass is 10.1. The van der Waals surface area contributed by atoms with E-state index in [4.69, 9.17) is 9.88 Å². The summed E-state index contributed by atoms with van der Waals surface area (Å²) in [6.07, 6.45) is -0.0358. The number of amides is 1. The number of ether oxygens (including phenoxy) is 1. The van der Waals surface area contributed by atoms with Gasteiger partial charge in [-0.3, -0.25) is 14.9 Å². The number of anilines is 1. The molecule has 0 spiro atoms. The largest absolute Gasteiger partial charge is 0.495 e. The van der Waals surface area contributed by atoms with Gasteiger partial charge in [-0.1, -0.05) is 0 Å². The van der Waals surface area contributed by atoms with Gasteiger partial charge in [-0.2, -0.15) is 0 Å². The summed E-state index contributed by atoms with van der Waals surface area (Å²) in [7, 11) is -2.33. The summed E-state index contributed by atoms with van der Waals surface area (Å²) in [4.78, 5) is 24.0.